The predicted octanol–water partition coefficient (Wildman–Crippen LogP) is 6.36. The second-order valence-corrected chi connectivity index (χ2v) is 14.1. The number of methoxy groups -OCH3 is 1. The van der Waals surface area contributed by atoms with Gasteiger partial charge in [0.1, 0.15) is 11.5 Å². The highest BCUT2D eigenvalue weighted by Crippen LogP contribution is 2.63. The Labute approximate surface area is 244 Å². The molecule has 6 nitrogen and oxygen atoms in total. The molecule has 41 heavy (non-hydrogen) atoms. The summed E-state index contributed by atoms with van der Waals surface area (Å²) < 4.78 is 39.0. The molecule has 0 radical (unpaired) electrons. The van der Waals surface area contributed by atoms with Crippen molar-refractivity contribution in [2.24, 2.45) is 23.2 Å². The van der Waals surface area contributed by atoms with Gasteiger partial charge in [-0.05, 0) is 110 Å². The SMILES string of the molecule is COc1ccc2c(c1)CC[C@@H]1[C@@H]2CC[C@@]2(C)[C@H]1C[C@@H](CNCc1ccccc1O)[C@@H]2OS(=O)(=O)c1ccc(C)cc1. The van der Waals surface area contributed by atoms with Crippen molar-refractivity contribution >= 4 is 10.1 Å². The number of rotatable bonds is 8. The van der Waals surface area contributed by atoms with Crippen LogP contribution in [0.25, 0.3) is 0 Å². The van der Waals surface area contributed by atoms with Crippen LogP contribution in [0.15, 0.2) is 71.6 Å². The highest BCUT2D eigenvalue weighted by Gasteiger charge is 2.59. The van der Waals surface area contributed by atoms with Gasteiger partial charge in [-0.2, -0.15) is 8.42 Å². The quantitative estimate of drug-likeness (QED) is 0.304. The summed E-state index contributed by atoms with van der Waals surface area (Å²) >= 11 is 0. The number of aryl methyl sites for hydroxylation is 2. The largest absolute Gasteiger partial charge is 0.508 e. The number of fused-ring (bicyclic) bond motifs is 5. The number of nitrogens with one attached hydrogen (secondary N) is 1. The van der Waals surface area contributed by atoms with E-state index in [1.165, 1.54) is 11.1 Å². The van der Waals surface area contributed by atoms with Crippen molar-refractivity contribution in [2.45, 2.75) is 69.4 Å². The van der Waals surface area contributed by atoms with Gasteiger partial charge in [-0.3, -0.25) is 4.18 Å². The van der Waals surface area contributed by atoms with Crippen LogP contribution in [0.2, 0.25) is 0 Å². The zero-order valence-electron chi connectivity index (χ0n) is 24.2. The Hall–Kier alpha value is -2.87. The Bertz CT molecular complexity index is 1500. The Kier molecular flexibility index (Phi) is 7.64. The van der Waals surface area contributed by atoms with Crippen molar-refractivity contribution in [2.75, 3.05) is 13.7 Å². The number of ether oxygens (including phenoxy) is 1. The van der Waals surface area contributed by atoms with E-state index in [4.69, 9.17) is 8.92 Å². The molecule has 0 aromatic heterocycles. The fourth-order valence-electron chi connectivity index (χ4n) is 8.15. The van der Waals surface area contributed by atoms with Gasteiger partial charge in [0.15, 0.2) is 0 Å². The predicted molar refractivity (Wildman–Crippen MR) is 160 cm³/mol. The van der Waals surface area contributed by atoms with E-state index < -0.39 is 16.2 Å². The minimum absolute atomic E-state index is 0.0343. The molecule has 0 saturated heterocycles. The Morgan fingerprint density at radius 2 is 1.83 bits per heavy atom. The second kappa shape index (κ2) is 11.1. The van der Waals surface area contributed by atoms with Crippen molar-refractivity contribution < 1.29 is 22.4 Å². The summed E-state index contributed by atoms with van der Waals surface area (Å²) in [4.78, 5) is 0.213. The highest BCUT2D eigenvalue weighted by molar-refractivity contribution is 7.86. The van der Waals surface area contributed by atoms with E-state index in [0.717, 1.165) is 49.0 Å². The van der Waals surface area contributed by atoms with Crippen molar-refractivity contribution in [3.05, 3.63) is 89.0 Å². The number of phenols is 1. The maximum absolute atomic E-state index is 13.6. The van der Waals surface area contributed by atoms with Crippen molar-refractivity contribution in [3.8, 4) is 11.5 Å². The van der Waals surface area contributed by atoms with Crippen LogP contribution < -0.4 is 10.1 Å². The zero-order valence-corrected chi connectivity index (χ0v) is 25.0. The van der Waals surface area contributed by atoms with Gasteiger partial charge >= 0.3 is 0 Å². The van der Waals surface area contributed by atoms with E-state index >= 15 is 0 Å². The van der Waals surface area contributed by atoms with E-state index in [9.17, 15) is 13.5 Å². The third-order valence-corrected chi connectivity index (χ3v) is 11.6. The first-order valence-corrected chi connectivity index (χ1v) is 16.2. The molecule has 218 valence electrons. The average molecular weight is 576 g/mol. The van der Waals surface area contributed by atoms with E-state index in [0.29, 0.717) is 30.8 Å². The van der Waals surface area contributed by atoms with Gasteiger partial charge < -0.3 is 15.2 Å². The van der Waals surface area contributed by atoms with Crippen molar-refractivity contribution in [1.82, 2.24) is 5.32 Å². The standard InChI is InChI=1S/C34H41NO5S/c1-22-8-12-27(13-9-22)41(37,38)40-33-25(21-35-20-24-6-4-5-7-32(24)36)19-31-30-14-10-23-18-26(39-3)11-15-28(23)29(30)16-17-34(31,33)2/h4-9,11-13,15,18,25,29-31,33,35-36H,10,14,16-17,19-21H2,1-3H3/t25-,29+,30+,31-,33-,34-/m0/s1. The first kappa shape index (κ1) is 28.3. The molecule has 3 aromatic carbocycles. The van der Waals surface area contributed by atoms with Gasteiger partial charge in [0.2, 0.25) is 0 Å². The van der Waals surface area contributed by atoms with Crippen molar-refractivity contribution in [1.29, 1.82) is 0 Å². The molecular formula is C34H41NO5S. The summed E-state index contributed by atoms with van der Waals surface area (Å²) in [5.41, 5.74) is 4.43. The first-order chi connectivity index (χ1) is 19.7. The molecule has 6 atom stereocenters. The van der Waals surface area contributed by atoms with E-state index in [-0.39, 0.29) is 22.0 Å². The van der Waals surface area contributed by atoms with Gasteiger partial charge in [-0.25, -0.2) is 0 Å². The summed E-state index contributed by atoms with van der Waals surface area (Å²) in [5.74, 6) is 2.55. The number of hydrogen-bond acceptors (Lipinski definition) is 6. The third-order valence-electron chi connectivity index (χ3n) is 10.3. The molecule has 0 heterocycles. The number of aromatic hydroxyl groups is 1. The number of para-hydroxylation sites is 1. The van der Waals surface area contributed by atoms with Crippen LogP contribution in [0, 0.1) is 30.1 Å². The van der Waals surface area contributed by atoms with Crippen LogP contribution in [0.3, 0.4) is 0 Å². The summed E-state index contributed by atoms with van der Waals surface area (Å²) in [5, 5.41) is 13.8. The molecule has 2 saturated carbocycles. The minimum atomic E-state index is -3.93. The lowest BCUT2D eigenvalue weighted by Gasteiger charge is -2.50. The van der Waals surface area contributed by atoms with Gasteiger partial charge in [0, 0.05) is 18.7 Å². The molecule has 0 amide bonds. The summed E-state index contributed by atoms with van der Waals surface area (Å²) in [7, 11) is -2.22. The second-order valence-electron chi connectivity index (χ2n) is 12.6. The lowest BCUT2D eigenvalue weighted by Crippen LogP contribution is -2.46. The lowest BCUT2D eigenvalue weighted by molar-refractivity contribution is -0.0159. The highest BCUT2D eigenvalue weighted by atomic mass is 32.2. The molecule has 0 unspecified atom stereocenters. The molecule has 0 aliphatic heterocycles. The number of benzene rings is 3. The van der Waals surface area contributed by atoms with Crippen LogP contribution in [0.4, 0.5) is 0 Å². The minimum Gasteiger partial charge on any atom is -0.508 e. The molecule has 2 N–H and O–H groups in total. The van der Waals surface area contributed by atoms with E-state index in [1.807, 2.05) is 37.3 Å². The first-order valence-electron chi connectivity index (χ1n) is 14.8. The molecule has 3 aliphatic rings. The van der Waals surface area contributed by atoms with E-state index in [1.54, 1.807) is 25.3 Å². The zero-order chi connectivity index (χ0) is 28.8. The summed E-state index contributed by atoms with van der Waals surface area (Å²) in [6, 6.07) is 20.8. The van der Waals surface area contributed by atoms with Gasteiger partial charge in [0.25, 0.3) is 10.1 Å². The van der Waals surface area contributed by atoms with Crippen LogP contribution in [-0.2, 0) is 27.3 Å². The molecule has 3 aliphatic carbocycles. The third kappa shape index (κ3) is 5.28. The molecular weight excluding hydrogens is 534 g/mol. The maximum Gasteiger partial charge on any atom is 0.297 e. The van der Waals surface area contributed by atoms with E-state index in [2.05, 4.69) is 30.4 Å². The molecule has 6 rings (SSSR count). The Morgan fingerprint density at radius 1 is 1.05 bits per heavy atom. The fraction of sp³-hybridized carbons (Fsp3) is 0.471. The molecule has 3 aromatic rings. The van der Waals surface area contributed by atoms with Crippen LogP contribution in [0.5, 0.6) is 11.5 Å². The summed E-state index contributed by atoms with van der Waals surface area (Å²) in [6.45, 7) is 5.36. The van der Waals surface area contributed by atoms with Gasteiger partial charge in [-0.15, -0.1) is 0 Å². The number of hydrogen-bond donors (Lipinski definition) is 2. The normalized spacial score (nSPS) is 28.9. The van der Waals surface area contributed by atoms with Gasteiger partial charge in [0.05, 0.1) is 18.1 Å². The molecule has 0 bridgehead atoms. The molecule has 0 spiro atoms. The lowest BCUT2D eigenvalue weighted by atomic mass is 9.55. The summed E-state index contributed by atoms with van der Waals surface area (Å²) in [6.07, 6.45) is 4.57. The number of phenolic OH excluding ortho intramolecular Hbond substituents is 1. The van der Waals surface area contributed by atoms with Crippen LogP contribution in [0.1, 0.15) is 60.8 Å². The Balaban J connectivity index is 1.28. The topological polar surface area (TPSA) is 84.9 Å². The molecule has 7 heteroatoms. The fourth-order valence-corrected chi connectivity index (χ4v) is 9.38. The van der Waals surface area contributed by atoms with Gasteiger partial charge in [-0.1, -0.05) is 48.9 Å². The smallest absolute Gasteiger partial charge is 0.297 e. The van der Waals surface area contributed by atoms with Crippen LogP contribution >= 0.6 is 0 Å². The average Bonchev–Trinajstić information content (AvgIpc) is 3.24. The van der Waals surface area contributed by atoms with Crippen LogP contribution in [-0.4, -0.2) is 33.3 Å². The maximum atomic E-state index is 13.6. The Morgan fingerprint density at radius 3 is 2.59 bits per heavy atom. The monoisotopic (exact) mass is 575 g/mol. The molecule has 2 fully saturated rings. The van der Waals surface area contributed by atoms with Crippen molar-refractivity contribution in [3.63, 3.8) is 0 Å².